The smallest absolute Gasteiger partial charge is 0.244 e. The van der Waals surface area contributed by atoms with E-state index in [9.17, 15) is 0 Å². The highest BCUT2D eigenvalue weighted by Crippen LogP contribution is 2.30. The Morgan fingerprint density at radius 1 is 1.00 bits per heavy atom. The first-order valence-corrected chi connectivity index (χ1v) is 8.37. The van der Waals surface area contributed by atoms with Crippen molar-refractivity contribution in [2.75, 3.05) is 17.2 Å². The van der Waals surface area contributed by atoms with Gasteiger partial charge < -0.3 is 15.4 Å². The molecular formula is C19H21N5O. The van der Waals surface area contributed by atoms with Gasteiger partial charge in [-0.15, -0.1) is 5.10 Å². The number of benzene rings is 2. The number of nitrogens with one attached hydrogen (secondary N) is 2. The predicted octanol–water partition coefficient (Wildman–Crippen LogP) is 4.62. The summed E-state index contributed by atoms with van der Waals surface area (Å²) in [5, 5.41) is 14.4. The summed E-state index contributed by atoms with van der Waals surface area (Å²) in [7, 11) is 0. The molecule has 0 aliphatic heterocycles. The Balaban J connectivity index is 1.74. The topological polar surface area (TPSA) is 72.0 Å². The first kappa shape index (κ1) is 16.7. The number of rotatable bonds is 8. The number of aromatic nitrogens is 3. The summed E-state index contributed by atoms with van der Waals surface area (Å²) in [5.41, 5.74) is 0.811. The molecule has 2 N–H and O–H groups in total. The monoisotopic (exact) mass is 335 g/mol. The number of hydrogen-bond donors (Lipinski definition) is 2. The van der Waals surface area contributed by atoms with Crippen molar-refractivity contribution < 1.29 is 4.74 Å². The van der Waals surface area contributed by atoms with E-state index in [1.54, 1.807) is 6.20 Å². The molecule has 128 valence electrons. The molecule has 1 heterocycles. The van der Waals surface area contributed by atoms with Gasteiger partial charge >= 0.3 is 0 Å². The molecule has 0 aliphatic carbocycles. The molecule has 6 heteroatoms. The van der Waals surface area contributed by atoms with Gasteiger partial charge in [0, 0.05) is 6.54 Å². The van der Waals surface area contributed by atoms with Crippen molar-refractivity contribution in [1.82, 2.24) is 15.2 Å². The fraction of sp³-hybridized carbons (Fsp3) is 0.211. The van der Waals surface area contributed by atoms with Crippen LogP contribution in [0.3, 0.4) is 0 Å². The lowest BCUT2D eigenvalue weighted by molar-refractivity contribution is 0.485. The number of para-hydroxylation sites is 3. The minimum atomic E-state index is 0.514. The lowest BCUT2D eigenvalue weighted by atomic mass is 10.3. The van der Waals surface area contributed by atoms with Gasteiger partial charge in [0.25, 0.3) is 0 Å². The molecule has 6 nitrogen and oxygen atoms in total. The van der Waals surface area contributed by atoms with E-state index in [0.29, 0.717) is 17.5 Å². The van der Waals surface area contributed by atoms with Crippen molar-refractivity contribution in [2.45, 2.75) is 19.8 Å². The normalized spacial score (nSPS) is 10.3. The highest BCUT2D eigenvalue weighted by molar-refractivity contribution is 5.64. The molecule has 3 rings (SSSR count). The summed E-state index contributed by atoms with van der Waals surface area (Å²) in [5.74, 6) is 2.62. The van der Waals surface area contributed by atoms with Gasteiger partial charge in [-0.2, -0.15) is 10.1 Å². The molecule has 0 aliphatic rings. The van der Waals surface area contributed by atoms with Crippen LogP contribution in [0, 0.1) is 0 Å². The Kier molecular flexibility index (Phi) is 5.77. The molecular weight excluding hydrogens is 314 g/mol. The van der Waals surface area contributed by atoms with E-state index in [1.165, 1.54) is 0 Å². The first-order valence-electron chi connectivity index (χ1n) is 8.37. The van der Waals surface area contributed by atoms with Crippen LogP contribution in [0.1, 0.15) is 19.8 Å². The number of unbranched alkanes of at least 4 members (excludes halogenated alkanes) is 1. The largest absolute Gasteiger partial charge is 0.455 e. The van der Waals surface area contributed by atoms with Crippen LogP contribution in [0.25, 0.3) is 0 Å². The van der Waals surface area contributed by atoms with Crippen molar-refractivity contribution >= 4 is 17.5 Å². The Labute approximate surface area is 147 Å². The standard InChI is InChI=1S/C19H21N5O/c1-2-3-13-20-19-23-18(14-21-24-19)22-16-11-7-8-12-17(16)25-15-9-5-4-6-10-15/h4-12,14H,2-3,13H2,1H3,(H2,20,22,23,24). The Morgan fingerprint density at radius 3 is 2.64 bits per heavy atom. The van der Waals surface area contributed by atoms with Crippen LogP contribution in [0.5, 0.6) is 11.5 Å². The van der Waals surface area contributed by atoms with Gasteiger partial charge in [0.1, 0.15) is 5.75 Å². The zero-order valence-electron chi connectivity index (χ0n) is 14.1. The van der Waals surface area contributed by atoms with Crippen LogP contribution in [0.2, 0.25) is 0 Å². The van der Waals surface area contributed by atoms with Crippen molar-refractivity contribution in [3.8, 4) is 11.5 Å². The zero-order chi connectivity index (χ0) is 17.3. The summed E-state index contributed by atoms with van der Waals surface area (Å²) in [4.78, 5) is 4.44. The fourth-order valence-corrected chi connectivity index (χ4v) is 2.23. The van der Waals surface area contributed by atoms with E-state index in [1.807, 2.05) is 54.6 Å². The highest BCUT2D eigenvalue weighted by Gasteiger charge is 2.07. The lowest BCUT2D eigenvalue weighted by Crippen LogP contribution is -2.07. The van der Waals surface area contributed by atoms with E-state index in [-0.39, 0.29) is 0 Å². The van der Waals surface area contributed by atoms with E-state index in [2.05, 4.69) is 32.7 Å². The van der Waals surface area contributed by atoms with Crippen LogP contribution >= 0.6 is 0 Å². The number of hydrogen-bond acceptors (Lipinski definition) is 6. The Morgan fingerprint density at radius 2 is 1.80 bits per heavy atom. The van der Waals surface area contributed by atoms with E-state index >= 15 is 0 Å². The van der Waals surface area contributed by atoms with Crippen LogP contribution in [0.15, 0.2) is 60.8 Å². The van der Waals surface area contributed by atoms with Crippen LogP contribution in [-0.2, 0) is 0 Å². The van der Waals surface area contributed by atoms with Crippen LogP contribution < -0.4 is 15.4 Å². The molecule has 1 aromatic heterocycles. The third-order valence-electron chi connectivity index (χ3n) is 3.49. The number of anilines is 3. The first-order chi connectivity index (χ1) is 12.3. The average molecular weight is 335 g/mol. The van der Waals surface area contributed by atoms with Gasteiger partial charge in [0.2, 0.25) is 5.95 Å². The third kappa shape index (κ3) is 4.91. The maximum absolute atomic E-state index is 5.95. The minimum absolute atomic E-state index is 0.514. The van der Waals surface area contributed by atoms with E-state index in [4.69, 9.17) is 4.74 Å². The molecule has 2 aromatic carbocycles. The Hall–Kier alpha value is -3.15. The van der Waals surface area contributed by atoms with E-state index in [0.717, 1.165) is 30.8 Å². The third-order valence-corrected chi connectivity index (χ3v) is 3.49. The van der Waals surface area contributed by atoms with Gasteiger partial charge in [-0.1, -0.05) is 43.7 Å². The summed E-state index contributed by atoms with van der Waals surface area (Å²) < 4.78 is 5.95. The highest BCUT2D eigenvalue weighted by atomic mass is 16.5. The van der Waals surface area contributed by atoms with Gasteiger partial charge in [0.15, 0.2) is 11.6 Å². The molecule has 25 heavy (non-hydrogen) atoms. The van der Waals surface area contributed by atoms with Crippen LogP contribution in [0.4, 0.5) is 17.5 Å². The summed E-state index contributed by atoms with van der Waals surface area (Å²) in [6.45, 7) is 2.97. The van der Waals surface area contributed by atoms with Gasteiger partial charge in [0.05, 0.1) is 11.9 Å². The molecule has 3 aromatic rings. The number of nitrogens with zero attached hydrogens (tertiary/aromatic N) is 3. The van der Waals surface area contributed by atoms with Crippen molar-refractivity contribution in [3.63, 3.8) is 0 Å². The molecule has 0 fully saturated rings. The van der Waals surface area contributed by atoms with Gasteiger partial charge in [-0.3, -0.25) is 0 Å². The molecule has 0 saturated heterocycles. The summed E-state index contributed by atoms with van der Waals surface area (Å²) in [6, 6.07) is 17.4. The second-order valence-electron chi connectivity index (χ2n) is 5.48. The predicted molar refractivity (Wildman–Crippen MR) is 99.5 cm³/mol. The maximum atomic E-state index is 5.95. The van der Waals surface area contributed by atoms with Crippen LogP contribution in [-0.4, -0.2) is 21.7 Å². The quantitative estimate of drug-likeness (QED) is 0.585. The average Bonchev–Trinajstić information content (AvgIpc) is 2.65. The molecule has 0 spiro atoms. The summed E-state index contributed by atoms with van der Waals surface area (Å²) in [6.07, 6.45) is 3.77. The minimum Gasteiger partial charge on any atom is -0.455 e. The maximum Gasteiger partial charge on any atom is 0.244 e. The lowest BCUT2D eigenvalue weighted by Gasteiger charge is -2.12. The molecule has 0 radical (unpaired) electrons. The molecule has 0 atom stereocenters. The SMILES string of the molecule is CCCCNc1nncc(Nc2ccccc2Oc2ccccc2)n1. The number of ether oxygens (including phenoxy) is 1. The molecule has 0 saturated carbocycles. The summed E-state index contributed by atoms with van der Waals surface area (Å²) >= 11 is 0. The van der Waals surface area contributed by atoms with Gasteiger partial charge in [-0.05, 0) is 30.7 Å². The van der Waals surface area contributed by atoms with Crippen molar-refractivity contribution in [3.05, 3.63) is 60.8 Å². The fourth-order valence-electron chi connectivity index (χ4n) is 2.23. The van der Waals surface area contributed by atoms with Crippen molar-refractivity contribution in [1.29, 1.82) is 0 Å². The second kappa shape index (κ2) is 8.63. The van der Waals surface area contributed by atoms with Crippen molar-refractivity contribution in [2.24, 2.45) is 0 Å². The molecule has 0 unspecified atom stereocenters. The van der Waals surface area contributed by atoms with Gasteiger partial charge in [-0.25, -0.2) is 0 Å². The molecule has 0 bridgehead atoms. The molecule has 0 amide bonds. The second-order valence-corrected chi connectivity index (χ2v) is 5.48. The Bertz CT molecular complexity index is 795. The van der Waals surface area contributed by atoms with E-state index < -0.39 is 0 Å². The zero-order valence-corrected chi connectivity index (χ0v) is 14.1.